The Morgan fingerprint density at radius 3 is 1.09 bits per heavy atom. The van der Waals surface area contributed by atoms with E-state index in [9.17, 15) is 52.7 Å². The van der Waals surface area contributed by atoms with Gasteiger partial charge in [-0.15, -0.1) is 0 Å². The lowest BCUT2D eigenvalue weighted by atomic mass is 9.68. The van der Waals surface area contributed by atoms with Crippen LogP contribution >= 0.6 is 0 Å². The third-order valence-electron chi connectivity index (χ3n) is 17.0. The molecule has 29 nitrogen and oxygen atoms in total. The number of hydrogen-bond donors (Lipinski definition) is 4. The van der Waals surface area contributed by atoms with E-state index in [0.29, 0.717) is 32.1 Å². The minimum Gasteiger partial charge on any atom is -0.462 e. The Morgan fingerprint density at radius 2 is 0.695 bits per heavy atom. The Bertz CT molecular complexity index is 2350. The van der Waals surface area contributed by atoms with Gasteiger partial charge < -0.3 is 87.6 Å². The van der Waals surface area contributed by atoms with Gasteiger partial charge in [-0.05, 0) is 37.5 Å². The van der Waals surface area contributed by atoms with Crippen LogP contribution in [0.3, 0.4) is 0 Å². The average molecular weight is 1360 g/mol. The van der Waals surface area contributed by atoms with E-state index in [2.05, 4.69) is 21.3 Å². The first kappa shape index (κ1) is 83.4. The third kappa shape index (κ3) is 29.4. The van der Waals surface area contributed by atoms with Gasteiger partial charge in [0, 0.05) is 122 Å². The second-order valence-corrected chi connectivity index (χ2v) is 25.7. The van der Waals surface area contributed by atoms with Crippen molar-refractivity contribution in [3.8, 4) is 0 Å². The molecule has 3 heterocycles. The lowest BCUT2D eigenvalue weighted by molar-refractivity contribution is -0.282. The molecule has 3 rings (SSSR count). The summed E-state index contributed by atoms with van der Waals surface area (Å²) in [5.41, 5.74) is -1.43. The highest BCUT2D eigenvalue weighted by Gasteiger charge is 2.50. The van der Waals surface area contributed by atoms with Gasteiger partial charge in [-0.1, -0.05) is 69.2 Å². The standard InChI is InChI=1S/C66H110N4O25/c1-16-50-39(4)57(88-43(8)71)40(5)62(93-50)86-35-56(81)70-29-28-69-54(79)25-32-84-38-66(65(13,14)15,36-82-30-23-48(76)21-19-27-68-55(80)34-87-64-42(7)59(90-45(10)73)61(92-47(12)75)52(18-3)95-64)37-83-31-24-53(78)67-26-20-22-49(77)33-85-63-41(6)58(89-44(9)72)60(91-46(11)74)51(17-2)94-63/h39-42,50-52,57-64H,16-38H2,1-15H3,(H,67,78)(H,68,80)(H,69,79)(H,70,81). The number of rotatable bonds is 43. The first-order chi connectivity index (χ1) is 44.9. The summed E-state index contributed by atoms with van der Waals surface area (Å²) in [5, 5.41) is 11.0. The van der Waals surface area contributed by atoms with Crippen molar-refractivity contribution in [1.82, 2.24) is 21.3 Å². The van der Waals surface area contributed by atoms with Crippen LogP contribution in [-0.2, 0) is 119 Å². The quantitative estimate of drug-likeness (QED) is 0.0380. The van der Waals surface area contributed by atoms with E-state index >= 15 is 0 Å². The van der Waals surface area contributed by atoms with Gasteiger partial charge in [-0.2, -0.15) is 0 Å². The molecule has 3 aliphatic heterocycles. The molecule has 0 aromatic carbocycles. The lowest BCUT2D eigenvalue weighted by Crippen LogP contribution is -2.57. The molecule has 95 heavy (non-hydrogen) atoms. The fourth-order valence-electron chi connectivity index (χ4n) is 11.3. The van der Waals surface area contributed by atoms with Crippen molar-refractivity contribution in [3.05, 3.63) is 0 Å². The molecule has 3 aliphatic rings. The van der Waals surface area contributed by atoms with Crippen LogP contribution in [0.2, 0.25) is 0 Å². The smallest absolute Gasteiger partial charge is 0.303 e. The molecule has 544 valence electrons. The Labute approximate surface area is 559 Å². The molecule has 16 atom stereocenters. The summed E-state index contributed by atoms with van der Waals surface area (Å²) in [5.74, 6) is -6.10. The largest absolute Gasteiger partial charge is 0.462 e. The Balaban J connectivity index is 1.52. The zero-order valence-corrected chi connectivity index (χ0v) is 58.6. The molecular formula is C66H110N4O25. The van der Waals surface area contributed by atoms with E-state index in [1.165, 1.54) is 34.6 Å². The highest BCUT2D eigenvalue weighted by molar-refractivity contribution is 5.80. The Kier molecular flexibility index (Phi) is 37.6. The molecule has 0 saturated carbocycles. The van der Waals surface area contributed by atoms with Gasteiger partial charge in [0.15, 0.2) is 36.9 Å². The van der Waals surface area contributed by atoms with Gasteiger partial charge in [0.1, 0.15) is 56.1 Å². The number of ether oxygens (including phenoxy) is 14. The van der Waals surface area contributed by atoms with Crippen LogP contribution in [0.25, 0.3) is 0 Å². The van der Waals surface area contributed by atoms with Crippen molar-refractivity contribution < 1.29 is 119 Å². The molecule has 0 bridgehead atoms. The maximum absolute atomic E-state index is 13.1. The van der Waals surface area contributed by atoms with Crippen LogP contribution in [0.15, 0.2) is 0 Å². The van der Waals surface area contributed by atoms with Crippen molar-refractivity contribution in [3.63, 3.8) is 0 Å². The van der Waals surface area contributed by atoms with E-state index in [1.54, 1.807) is 13.8 Å². The lowest BCUT2D eigenvalue weighted by Gasteiger charge is -2.44. The molecule has 0 aliphatic carbocycles. The molecule has 16 unspecified atom stereocenters. The molecule has 0 radical (unpaired) electrons. The van der Waals surface area contributed by atoms with E-state index in [0.717, 1.165) is 0 Å². The number of hydrogen-bond acceptors (Lipinski definition) is 25. The summed E-state index contributed by atoms with van der Waals surface area (Å²) < 4.78 is 81.6. The molecule has 4 N–H and O–H groups in total. The van der Waals surface area contributed by atoms with Crippen molar-refractivity contribution in [2.75, 3.05) is 85.6 Å². The molecule has 3 saturated heterocycles. The second kappa shape index (κ2) is 42.8. The molecule has 0 spiro atoms. The van der Waals surface area contributed by atoms with Gasteiger partial charge >= 0.3 is 29.8 Å². The topological polar surface area (TPSA) is 365 Å². The highest BCUT2D eigenvalue weighted by Crippen LogP contribution is 2.41. The van der Waals surface area contributed by atoms with Gasteiger partial charge in [0.05, 0.1) is 45.7 Å². The van der Waals surface area contributed by atoms with E-state index in [-0.39, 0.29) is 159 Å². The molecule has 4 amide bonds. The first-order valence-corrected chi connectivity index (χ1v) is 33.4. The van der Waals surface area contributed by atoms with Crippen molar-refractivity contribution in [2.24, 2.45) is 34.5 Å². The molecule has 29 heteroatoms. The van der Waals surface area contributed by atoms with Crippen molar-refractivity contribution >= 4 is 65.0 Å². The summed E-state index contributed by atoms with van der Waals surface area (Å²) >= 11 is 0. The number of carbonyl (C=O) groups is 11. The number of nitrogens with one attached hydrogen (secondary N) is 4. The van der Waals surface area contributed by atoms with Gasteiger partial charge in [0.25, 0.3) is 0 Å². The second-order valence-electron chi connectivity index (χ2n) is 25.7. The predicted molar refractivity (Wildman–Crippen MR) is 338 cm³/mol. The minimum atomic E-state index is -0.944. The number of Topliss-reactive ketones (excluding diaryl/α,β-unsaturated/α-hetero) is 2. The van der Waals surface area contributed by atoms with Crippen LogP contribution in [0.5, 0.6) is 0 Å². The summed E-state index contributed by atoms with van der Waals surface area (Å²) in [6, 6.07) is 0. The average Bonchev–Trinajstić information content (AvgIpc) is 0.830. The first-order valence-electron chi connectivity index (χ1n) is 33.4. The summed E-state index contributed by atoms with van der Waals surface area (Å²) in [6.45, 7) is 24.9. The van der Waals surface area contributed by atoms with E-state index < -0.39 is 126 Å². The van der Waals surface area contributed by atoms with Gasteiger partial charge in [-0.3, -0.25) is 52.7 Å². The third-order valence-corrected chi connectivity index (χ3v) is 17.0. The van der Waals surface area contributed by atoms with Crippen molar-refractivity contribution in [1.29, 1.82) is 0 Å². The minimum absolute atomic E-state index is 0.0101. The molecule has 0 aromatic heterocycles. The van der Waals surface area contributed by atoms with Crippen LogP contribution in [0.4, 0.5) is 0 Å². The SMILES string of the molecule is CCC1OC(OCC(=O)NCCNC(=O)CCOCC(COCCC(=O)CCCNC(=O)COC2OC(CC)C(OC(C)=O)C(OC(C)=O)C2C)(COCCC(=O)NCCCC(=O)COC2OC(CC)C(OC(C)=O)C(OC(C)=O)C2C)C(C)(C)C)C(C)C(OC(C)=O)C1C. The van der Waals surface area contributed by atoms with Gasteiger partial charge in [0.2, 0.25) is 23.6 Å². The molecule has 0 aromatic rings. The zero-order chi connectivity index (χ0) is 71.0. The van der Waals surface area contributed by atoms with Crippen LogP contribution in [-0.4, -0.2) is 218 Å². The van der Waals surface area contributed by atoms with E-state index in [1.807, 2.05) is 55.4 Å². The van der Waals surface area contributed by atoms with Crippen LogP contribution in [0.1, 0.15) is 168 Å². The Morgan fingerprint density at radius 1 is 0.368 bits per heavy atom. The van der Waals surface area contributed by atoms with Crippen LogP contribution < -0.4 is 21.3 Å². The molecule has 3 fully saturated rings. The fourth-order valence-corrected chi connectivity index (χ4v) is 11.3. The summed E-state index contributed by atoms with van der Waals surface area (Å²) in [6.07, 6.45) is -5.62. The normalized spacial score (nSPS) is 26.5. The van der Waals surface area contributed by atoms with Gasteiger partial charge in [-0.25, -0.2) is 0 Å². The van der Waals surface area contributed by atoms with Crippen molar-refractivity contribution in [2.45, 2.75) is 236 Å². The number of amides is 4. The fraction of sp³-hybridized carbons (Fsp3) is 0.833. The highest BCUT2D eigenvalue weighted by atomic mass is 16.7. The zero-order valence-electron chi connectivity index (χ0n) is 58.6. The predicted octanol–water partition coefficient (Wildman–Crippen LogP) is 4.06. The van der Waals surface area contributed by atoms with E-state index in [4.69, 9.17) is 66.3 Å². The number of carbonyl (C=O) groups excluding carboxylic acids is 11. The van der Waals surface area contributed by atoms with Crippen LogP contribution in [0, 0.1) is 34.5 Å². The summed E-state index contributed by atoms with van der Waals surface area (Å²) in [4.78, 5) is 137. The number of ketones is 2. The maximum Gasteiger partial charge on any atom is 0.303 e. The Hall–Kier alpha value is -5.79. The molecular weight excluding hydrogens is 1250 g/mol. The number of esters is 5. The monoisotopic (exact) mass is 1360 g/mol. The maximum atomic E-state index is 13.1. The summed E-state index contributed by atoms with van der Waals surface area (Å²) in [7, 11) is 0.